The molecule has 0 atom stereocenters. The van der Waals surface area contributed by atoms with E-state index in [-0.39, 0.29) is 9.21 Å². The normalized spacial score (nSPS) is 11.5. The zero-order valence-corrected chi connectivity index (χ0v) is 8.41. The van der Waals surface area contributed by atoms with E-state index in [0.717, 1.165) is 6.07 Å². The number of hydrogen-bond acceptors (Lipinski definition) is 4. The second kappa shape index (κ2) is 3.26. The summed E-state index contributed by atoms with van der Waals surface area (Å²) >= 11 is 6.11. The molecule has 0 spiro atoms. The first-order valence-electron chi connectivity index (χ1n) is 2.88. The number of hydrogen-bond donors (Lipinski definition) is 2. The molecule has 0 saturated heterocycles. The number of carboxylic acids is 1. The van der Waals surface area contributed by atoms with Crippen LogP contribution in [0.4, 0.5) is 0 Å². The Morgan fingerprint density at radius 3 is 2.46 bits per heavy atom. The molecule has 1 rings (SSSR count). The van der Waals surface area contributed by atoms with Gasteiger partial charge in [-0.1, -0.05) is 11.6 Å². The Morgan fingerprint density at radius 2 is 2.15 bits per heavy atom. The number of rotatable bonds is 2. The largest absolute Gasteiger partial charge is 0.477 e. The van der Waals surface area contributed by atoms with Crippen molar-refractivity contribution in [2.24, 2.45) is 5.14 Å². The van der Waals surface area contributed by atoms with E-state index >= 15 is 0 Å². The fraction of sp³-hybridized carbons (Fsp3) is 0. The van der Waals surface area contributed by atoms with Crippen molar-refractivity contribution in [1.29, 1.82) is 0 Å². The highest BCUT2D eigenvalue weighted by molar-refractivity contribution is 7.89. The summed E-state index contributed by atoms with van der Waals surface area (Å²) in [7, 11) is -4.01. The maximum Gasteiger partial charge on any atom is 0.347 e. The highest BCUT2D eigenvalue weighted by Crippen LogP contribution is 2.29. The van der Waals surface area contributed by atoms with Gasteiger partial charge in [-0.05, 0) is 6.07 Å². The monoisotopic (exact) mass is 241 g/mol. The topological polar surface area (TPSA) is 97.5 Å². The molecule has 0 aliphatic rings. The molecule has 0 amide bonds. The van der Waals surface area contributed by atoms with E-state index in [1.165, 1.54) is 0 Å². The molecule has 0 aliphatic heterocycles. The average molecular weight is 242 g/mol. The molecule has 0 aromatic carbocycles. The first-order valence-corrected chi connectivity index (χ1v) is 5.62. The van der Waals surface area contributed by atoms with Crippen LogP contribution in [0, 0.1) is 0 Å². The predicted molar refractivity (Wildman–Crippen MR) is 47.7 cm³/mol. The van der Waals surface area contributed by atoms with Crippen LogP contribution in [0.5, 0.6) is 0 Å². The minimum Gasteiger partial charge on any atom is -0.477 e. The van der Waals surface area contributed by atoms with Gasteiger partial charge in [0.2, 0.25) is 10.0 Å². The molecule has 0 radical (unpaired) electrons. The first-order chi connectivity index (χ1) is 5.82. The van der Waals surface area contributed by atoms with E-state index in [4.69, 9.17) is 21.8 Å². The van der Waals surface area contributed by atoms with Crippen molar-refractivity contribution in [3.63, 3.8) is 0 Å². The van der Waals surface area contributed by atoms with Gasteiger partial charge in [0.1, 0.15) is 9.77 Å². The second-order valence-electron chi connectivity index (χ2n) is 2.09. The van der Waals surface area contributed by atoms with Crippen LogP contribution in [-0.4, -0.2) is 19.5 Å². The van der Waals surface area contributed by atoms with Gasteiger partial charge in [0.05, 0.1) is 4.34 Å². The number of sulfonamides is 1. The molecule has 3 N–H and O–H groups in total. The lowest BCUT2D eigenvalue weighted by atomic mass is 10.5. The van der Waals surface area contributed by atoms with Crippen molar-refractivity contribution in [1.82, 2.24) is 0 Å². The van der Waals surface area contributed by atoms with Crippen LogP contribution in [0.1, 0.15) is 9.67 Å². The molecule has 72 valence electrons. The Morgan fingerprint density at radius 1 is 1.62 bits per heavy atom. The van der Waals surface area contributed by atoms with E-state index in [0.29, 0.717) is 11.3 Å². The number of primary sulfonamides is 1. The third kappa shape index (κ3) is 2.19. The molecule has 0 saturated carbocycles. The molecule has 13 heavy (non-hydrogen) atoms. The van der Waals surface area contributed by atoms with Gasteiger partial charge in [-0.2, -0.15) is 0 Å². The quantitative estimate of drug-likeness (QED) is 0.798. The zero-order valence-electron chi connectivity index (χ0n) is 6.02. The first kappa shape index (κ1) is 10.5. The fourth-order valence-electron chi connectivity index (χ4n) is 0.706. The number of halogens is 1. The highest BCUT2D eigenvalue weighted by atomic mass is 35.5. The van der Waals surface area contributed by atoms with Gasteiger partial charge in [0.25, 0.3) is 0 Å². The van der Waals surface area contributed by atoms with Gasteiger partial charge < -0.3 is 5.11 Å². The van der Waals surface area contributed by atoms with Crippen LogP contribution in [-0.2, 0) is 10.0 Å². The second-order valence-corrected chi connectivity index (χ2v) is 5.31. The van der Waals surface area contributed by atoms with Crippen molar-refractivity contribution < 1.29 is 18.3 Å². The van der Waals surface area contributed by atoms with E-state index in [1.54, 1.807) is 0 Å². The van der Waals surface area contributed by atoms with E-state index < -0.39 is 20.9 Å². The Labute approximate surface area is 82.8 Å². The van der Waals surface area contributed by atoms with Gasteiger partial charge in [-0.3, -0.25) is 0 Å². The molecule has 0 bridgehead atoms. The molecule has 1 heterocycles. The maximum absolute atomic E-state index is 10.8. The average Bonchev–Trinajstić information content (AvgIpc) is 2.29. The number of nitrogens with two attached hydrogens (primary N) is 1. The van der Waals surface area contributed by atoms with Crippen LogP contribution in [0.15, 0.2) is 11.0 Å². The summed E-state index contributed by atoms with van der Waals surface area (Å²) < 4.78 is 21.7. The van der Waals surface area contributed by atoms with Crippen LogP contribution in [0.25, 0.3) is 0 Å². The molecule has 0 aliphatic carbocycles. The fourth-order valence-corrected chi connectivity index (χ4v) is 2.91. The van der Waals surface area contributed by atoms with Crippen molar-refractivity contribution >= 4 is 38.9 Å². The molecule has 8 heteroatoms. The zero-order chi connectivity index (χ0) is 10.2. The van der Waals surface area contributed by atoms with Crippen molar-refractivity contribution in [2.45, 2.75) is 4.90 Å². The van der Waals surface area contributed by atoms with E-state index in [1.807, 2.05) is 0 Å². The Bertz CT molecular complexity index is 449. The summed E-state index contributed by atoms with van der Waals surface area (Å²) in [6.07, 6.45) is 0. The number of carbonyl (C=O) groups is 1. The van der Waals surface area contributed by atoms with Crippen LogP contribution in [0.2, 0.25) is 4.34 Å². The molecular weight excluding hydrogens is 238 g/mol. The number of carboxylic acid groups (broad SMARTS) is 1. The SMILES string of the molecule is NS(=O)(=O)c1cc(Cl)sc1C(=O)O. The van der Waals surface area contributed by atoms with Crippen molar-refractivity contribution in [2.75, 3.05) is 0 Å². The smallest absolute Gasteiger partial charge is 0.347 e. The molecule has 0 fully saturated rings. The summed E-state index contributed by atoms with van der Waals surface area (Å²) in [5.41, 5.74) is 0. The minimum absolute atomic E-state index is 0.0708. The minimum atomic E-state index is -4.01. The predicted octanol–water partition coefficient (Wildman–Crippen LogP) is 0.747. The lowest BCUT2D eigenvalue weighted by Gasteiger charge is -1.94. The van der Waals surface area contributed by atoms with E-state index in [2.05, 4.69) is 0 Å². The molecule has 0 unspecified atom stereocenters. The summed E-state index contributed by atoms with van der Waals surface area (Å²) in [5.74, 6) is -1.36. The van der Waals surface area contributed by atoms with E-state index in [9.17, 15) is 13.2 Å². The summed E-state index contributed by atoms with van der Waals surface area (Å²) in [5, 5.41) is 13.3. The third-order valence-corrected chi connectivity index (χ3v) is 3.49. The van der Waals surface area contributed by atoms with Crippen LogP contribution >= 0.6 is 22.9 Å². The van der Waals surface area contributed by atoms with Gasteiger partial charge in [-0.25, -0.2) is 18.4 Å². The van der Waals surface area contributed by atoms with Crippen LogP contribution < -0.4 is 5.14 Å². The molecular formula is C5H4ClNO4S2. The van der Waals surface area contributed by atoms with Gasteiger partial charge in [0.15, 0.2) is 0 Å². The lowest BCUT2D eigenvalue weighted by molar-refractivity contribution is 0.0698. The number of thiophene rings is 1. The van der Waals surface area contributed by atoms with Crippen molar-refractivity contribution in [3.8, 4) is 0 Å². The lowest BCUT2D eigenvalue weighted by Crippen LogP contribution is -2.14. The Balaban J connectivity index is 3.46. The van der Waals surface area contributed by atoms with Crippen LogP contribution in [0.3, 0.4) is 0 Å². The van der Waals surface area contributed by atoms with Gasteiger partial charge in [0, 0.05) is 0 Å². The Kier molecular flexibility index (Phi) is 2.62. The molecule has 5 nitrogen and oxygen atoms in total. The van der Waals surface area contributed by atoms with Crippen molar-refractivity contribution in [3.05, 3.63) is 15.3 Å². The van der Waals surface area contributed by atoms with Gasteiger partial charge in [-0.15, -0.1) is 11.3 Å². The van der Waals surface area contributed by atoms with Gasteiger partial charge >= 0.3 is 5.97 Å². The summed E-state index contributed by atoms with van der Waals surface area (Å²) in [4.78, 5) is 9.70. The summed E-state index contributed by atoms with van der Waals surface area (Å²) in [6.45, 7) is 0. The molecule has 1 aromatic heterocycles. The number of aromatic carboxylic acids is 1. The molecule has 1 aromatic rings. The Hall–Kier alpha value is -0.630. The standard InChI is InChI=1S/C5H4ClNO4S2/c6-3-1-2(13(7,10)11)4(12-3)5(8)9/h1H,(H,8,9)(H2,7,10,11). The highest BCUT2D eigenvalue weighted by Gasteiger charge is 2.22. The maximum atomic E-state index is 10.8. The third-order valence-electron chi connectivity index (χ3n) is 1.17. The summed E-state index contributed by atoms with van der Waals surface area (Å²) in [6, 6.07) is 1.02.